The first-order chi connectivity index (χ1) is 11.4. The van der Waals surface area contributed by atoms with Crippen LogP contribution in [0.2, 0.25) is 0 Å². The van der Waals surface area contributed by atoms with E-state index in [1.165, 1.54) is 25.3 Å². The summed E-state index contributed by atoms with van der Waals surface area (Å²) in [5.41, 5.74) is 0.250. The second-order valence-corrected chi connectivity index (χ2v) is 5.14. The van der Waals surface area contributed by atoms with E-state index in [-0.39, 0.29) is 0 Å². The lowest BCUT2D eigenvalue weighted by molar-refractivity contribution is -0.140. The van der Waals surface area contributed by atoms with E-state index in [1.54, 1.807) is 24.3 Å². The number of alkyl halides is 3. The van der Waals surface area contributed by atoms with Crippen molar-refractivity contribution < 1.29 is 22.7 Å². The SMILES string of the molecule is COc1ccccc1C(=O)Nc1ccc2[nH]c(C(F)(F)F)cc2c1. The standard InChI is InChI=1S/C17H13F3N2O2/c1-24-14-5-3-2-4-12(14)16(23)21-11-6-7-13-10(8-11)9-15(22-13)17(18,19)20/h2-9,22H,1H3,(H,21,23). The molecule has 0 radical (unpaired) electrons. The van der Waals surface area contributed by atoms with E-state index in [4.69, 9.17) is 4.74 Å². The van der Waals surface area contributed by atoms with Crippen LogP contribution >= 0.6 is 0 Å². The highest BCUT2D eigenvalue weighted by molar-refractivity contribution is 6.06. The molecule has 4 nitrogen and oxygen atoms in total. The third kappa shape index (κ3) is 3.05. The quantitative estimate of drug-likeness (QED) is 0.744. The van der Waals surface area contributed by atoms with Gasteiger partial charge < -0.3 is 15.0 Å². The molecule has 0 aliphatic heterocycles. The number of amides is 1. The molecule has 0 bridgehead atoms. The summed E-state index contributed by atoms with van der Waals surface area (Å²) < 4.78 is 43.3. The Bertz CT molecular complexity index is 900. The first kappa shape index (κ1) is 15.9. The van der Waals surface area contributed by atoms with Crippen LogP contribution in [0.15, 0.2) is 48.5 Å². The summed E-state index contributed by atoms with van der Waals surface area (Å²) in [6, 6.07) is 12.2. The van der Waals surface area contributed by atoms with Gasteiger partial charge in [-0.1, -0.05) is 12.1 Å². The minimum atomic E-state index is -4.44. The summed E-state index contributed by atoms with van der Waals surface area (Å²) >= 11 is 0. The number of carbonyl (C=O) groups excluding carboxylic acids is 1. The molecule has 2 N–H and O–H groups in total. The highest BCUT2D eigenvalue weighted by Gasteiger charge is 2.32. The molecular formula is C17H13F3N2O2. The van der Waals surface area contributed by atoms with Crippen molar-refractivity contribution in [2.75, 3.05) is 12.4 Å². The number of hydrogen-bond donors (Lipinski definition) is 2. The van der Waals surface area contributed by atoms with Crippen molar-refractivity contribution in [2.45, 2.75) is 6.18 Å². The average molecular weight is 334 g/mol. The minimum Gasteiger partial charge on any atom is -0.496 e. The van der Waals surface area contributed by atoms with E-state index in [0.29, 0.717) is 27.9 Å². The summed E-state index contributed by atoms with van der Waals surface area (Å²) in [6.45, 7) is 0. The van der Waals surface area contributed by atoms with Crippen LogP contribution in [0.1, 0.15) is 16.1 Å². The zero-order chi connectivity index (χ0) is 17.3. The van der Waals surface area contributed by atoms with Crippen molar-refractivity contribution in [2.24, 2.45) is 0 Å². The second kappa shape index (κ2) is 5.92. The molecule has 0 atom stereocenters. The highest BCUT2D eigenvalue weighted by Crippen LogP contribution is 2.32. The van der Waals surface area contributed by atoms with Gasteiger partial charge in [0.15, 0.2) is 0 Å². The van der Waals surface area contributed by atoms with Crippen molar-refractivity contribution in [1.29, 1.82) is 0 Å². The molecule has 3 rings (SSSR count). The molecule has 1 aromatic heterocycles. The molecule has 3 aromatic rings. The maximum Gasteiger partial charge on any atom is 0.431 e. The van der Waals surface area contributed by atoms with Gasteiger partial charge in [0.1, 0.15) is 11.4 Å². The summed E-state index contributed by atoms with van der Waals surface area (Å²) in [7, 11) is 1.45. The third-order valence-electron chi connectivity index (χ3n) is 3.54. The zero-order valence-electron chi connectivity index (χ0n) is 12.6. The number of rotatable bonds is 3. The number of para-hydroxylation sites is 1. The number of hydrogen-bond acceptors (Lipinski definition) is 2. The third-order valence-corrected chi connectivity index (χ3v) is 3.54. The van der Waals surface area contributed by atoms with Crippen LogP contribution in [0.3, 0.4) is 0 Å². The van der Waals surface area contributed by atoms with E-state index in [1.807, 2.05) is 0 Å². The molecular weight excluding hydrogens is 321 g/mol. The number of benzene rings is 2. The molecule has 0 saturated heterocycles. The van der Waals surface area contributed by atoms with Gasteiger partial charge in [-0.2, -0.15) is 13.2 Å². The summed E-state index contributed by atoms with van der Waals surface area (Å²) in [5, 5.41) is 3.02. The number of anilines is 1. The number of fused-ring (bicyclic) bond motifs is 1. The normalized spacial score (nSPS) is 11.5. The van der Waals surface area contributed by atoms with Gasteiger partial charge in [0.05, 0.1) is 12.7 Å². The molecule has 0 unspecified atom stereocenters. The lowest BCUT2D eigenvalue weighted by Gasteiger charge is -2.09. The Labute approximate surface area is 135 Å². The molecule has 0 saturated carbocycles. The van der Waals surface area contributed by atoms with Crippen molar-refractivity contribution in [1.82, 2.24) is 4.98 Å². The largest absolute Gasteiger partial charge is 0.496 e. The van der Waals surface area contributed by atoms with Crippen molar-refractivity contribution in [3.05, 3.63) is 59.8 Å². The Morgan fingerprint density at radius 2 is 1.88 bits per heavy atom. The van der Waals surface area contributed by atoms with Crippen LogP contribution in [-0.4, -0.2) is 18.0 Å². The maximum atomic E-state index is 12.7. The number of aromatic amines is 1. The number of methoxy groups -OCH3 is 1. The zero-order valence-corrected chi connectivity index (χ0v) is 12.6. The fraction of sp³-hybridized carbons (Fsp3) is 0.118. The van der Waals surface area contributed by atoms with E-state index in [9.17, 15) is 18.0 Å². The van der Waals surface area contributed by atoms with Gasteiger partial charge in [0, 0.05) is 16.6 Å². The van der Waals surface area contributed by atoms with Gasteiger partial charge >= 0.3 is 6.18 Å². The van der Waals surface area contributed by atoms with E-state index >= 15 is 0 Å². The fourth-order valence-electron chi connectivity index (χ4n) is 2.39. The Morgan fingerprint density at radius 1 is 1.12 bits per heavy atom. The van der Waals surface area contributed by atoms with Crippen molar-refractivity contribution in [3.8, 4) is 5.75 Å². The van der Waals surface area contributed by atoms with E-state index in [0.717, 1.165) is 6.07 Å². The van der Waals surface area contributed by atoms with Crippen molar-refractivity contribution >= 4 is 22.5 Å². The topological polar surface area (TPSA) is 54.1 Å². The monoisotopic (exact) mass is 334 g/mol. The number of carbonyl (C=O) groups is 1. The Balaban J connectivity index is 1.89. The molecule has 1 amide bonds. The second-order valence-electron chi connectivity index (χ2n) is 5.14. The van der Waals surface area contributed by atoms with Crippen LogP contribution in [0.25, 0.3) is 10.9 Å². The number of ether oxygens (including phenoxy) is 1. The summed E-state index contributed by atoms with van der Waals surface area (Å²) in [5.74, 6) is 0.00969. The molecule has 2 aromatic carbocycles. The highest BCUT2D eigenvalue weighted by atomic mass is 19.4. The molecule has 0 aliphatic carbocycles. The van der Waals surface area contributed by atoms with Crippen molar-refractivity contribution in [3.63, 3.8) is 0 Å². The molecule has 0 spiro atoms. The molecule has 124 valence electrons. The smallest absolute Gasteiger partial charge is 0.431 e. The Morgan fingerprint density at radius 3 is 2.58 bits per heavy atom. The molecule has 24 heavy (non-hydrogen) atoms. The molecule has 7 heteroatoms. The van der Waals surface area contributed by atoms with Crippen LogP contribution in [0.5, 0.6) is 5.75 Å². The number of nitrogens with one attached hydrogen (secondary N) is 2. The summed E-state index contributed by atoms with van der Waals surface area (Å²) in [6.07, 6.45) is -4.44. The lowest BCUT2D eigenvalue weighted by atomic mass is 10.1. The first-order valence-electron chi connectivity index (χ1n) is 7.03. The minimum absolute atomic E-state index is 0.338. The Hall–Kier alpha value is -2.96. The van der Waals surface area contributed by atoms with Gasteiger partial charge in [-0.3, -0.25) is 4.79 Å². The first-order valence-corrected chi connectivity index (χ1v) is 7.03. The predicted octanol–water partition coefficient (Wildman–Crippen LogP) is 4.45. The van der Waals surface area contributed by atoms with Gasteiger partial charge in [0.25, 0.3) is 5.91 Å². The molecule has 0 aliphatic rings. The summed E-state index contributed by atoms with van der Waals surface area (Å²) in [4.78, 5) is 14.6. The van der Waals surface area contributed by atoms with E-state index in [2.05, 4.69) is 10.3 Å². The van der Waals surface area contributed by atoms with Crippen LogP contribution in [0.4, 0.5) is 18.9 Å². The van der Waals surface area contributed by atoms with Crippen LogP contribution in [0, 0.1) is 0 Å². The maximum absolute atomic E-state index is 12.7. The average Bonchev–Trinajstić information content (AvgIpc) is 2.98. The van der Waals surface area contributed by atoms with Crippen LogP contribution < -0.4 is 10.1 Å². The molecule has 1 heterocycles. The van der Waals surface area contributed by atoms with Gasteiger partial charge in [0.2, 0.25) is 0 Å². The van der Waals surface area contributed by atoms with Gasteiger partial charge in [-0.15, -0.1) is 0 Å². The number of halogens is 3. The predicted molar refractivity (Wildman–Crippen MR) is 84.2 cm³/mol. The lowest BCUT2D eigenvalue weighted by Crippen LogP contribution is -2.12. The Kier molecular flexibility index (Phi) is 3.92. The number of H-pyrrole nitrogens is 1. The molecule has 0 fully saturated rings. The number of aromatic nitrogens is 1. The van der Waals surface area contributed by atoms with Gasteiger partial charge in [-0.25, -0.2) is 0 Å². The fourth-order valence-corrected chi connectivity index (χ4v) is 2.39. The van der Waals surface area contributed by atoms with E-state index < -0.39 is 17.8 Å². The van der Waals surface area contributed by atoms with Gasteiger partial charge in [-0.05, 0) is 36.4 Å². The van der Waals surface area contributed by atoms with Crippen LogP contribution in [-0.2, 0) is 6.18 Å².